The summed E-state index contributed by atoms with van der Waals surface area (Å²) in [6.07, 6.45) is 1.88. The lowest BCUT2D eigenvalue weighted by atomic mass is 9.96. The van der Waals surface area contributed by atoms with Crippen LogP contribution in [0.1, 0.15) is 34.3 Å². The number of nitrogens with zero attached hydrogens (tertiary/aromatic N) is 2. The van der Waals surface area contributed by atoms with Gasteiger partial charge in [-0.15, -0.1) is 0 Å². The second-order valence-electron chi connectivity index (χ2n) is 6.97. The van der Waals surface area contributed by atoms with E-state index in [0.717, 1.165) is 38.0 Å². The van der Waals surface area contributed by atoms with E-state index in [1.54, 1.807) is 0 Å². The molecule has 0 unspecified atom stereocenters. The number of carbonyl (C=O) groups excluding carboxylic acids is 1. The molecule has 0 bridgehead atoms. The van der Waals surface area contributed by atoms with Gasteiger partial charge in [-0.1, -0.05) is 29.8 Å². The van der Waals surface area contributed by atoms with Crippen molar-refractivity contribution in [2.45, 2.75) is 19.4 Å². The van der Waals surface area contributed by atoms with Crippen LogP contribution in [-0.4, -0.2) is 35.4 Å². The predicted octanol–water partition coefficient (Wildman–Crippen LogP) is 2.12. The molecule has 0 atom stereocenters. The summed E-state index contributed by atoms with van der Waals surface area (Å²) in [5, 5.41) is 12.2. The van der Waals surface area contributed by atoms with Crippen LogP contribution >= 0.6 is 11.6 Å². The van der Waals surface area contributed by atoms with Gasteiger partial charge in [0, 0.05) is 13.1 Å². The number of nitriles is 1. The van der Waals surface area contributed by atoms with Crippen LogP contribution in [0.15, 0.2) is 35.1 Å². The molecule has 28 heavy (non-hydrogen) atoms. The number of halogens is 1. The number of nitrogen functional groups attached to an aromatic ring is 1. The Labute approximate surface area is 168 Å². The fraction of sp³-hybridized carbons (Fsp3) is 0.350. The number of benzene rings is 1. The molecule has 3 rings (SSSR count). The molecule has 4 N–H and O–H groups in total. The zero-order valence-electron chi connectivity index (χ0n) is 15.4. The lowest BCUT2D eigenvalue weighted by molar-refractivity contribution is 0.0933. The molecule has 2 heterocycles. The summed E-state index contributed by atoms with van der Waals surface area (Å²) in [6, 6.07) is 11.2. The van der Waals surface area contributed by atoms with Gasteiger partial charge in [-0.3, -0.25) is 14.5 Å². The molecule has 1 aromatic heterocycles. The fourth-order valence-electron chi connectivity index (χ4n) is 3.38. The van der Waals surface area contributed by atoms with E-state index in [9.17, 15) is 14.9 Å². The number of aromatic nitrogens is 1. The Bertz CT molecular complexity index is 958. The van der Waals surface area contributed by atoms with Crippen molar-refractivity contribution in [2.24, 2.45) is 5.92 Å². The minimum Gasteiger partial charge on any atom is -0.384 e. The number of H-pyrrole nitrogens is 1. The number of piperidine rings is 1. The van der Waals surface area contributed by atoms with Gasteiger partial charge >= 0.3 is 0 Å². The Hall–Kier alpha value is -2.82. The average molecular weight is 400 g/mol. The van der Waals surface area contributed by atoms with Crippen molar-refractivity contribution >= 4 is 23.3 Å². The van der Waals surface area contributed by atoms with Crippen molar-refractivity contribution < 1.29 is 4.79 Å². The summed E-state index contributed by atoms with van der Waals surface area (Å²) in [6.45, 7) is 3.05. The molecule has 0 radical (unpaired) electrons. The zero-order valence-corrected chi connectivity index (χ0v) is 16.1. The highest BCUT2D eigenvalue weighted by atomic mass is 35.5. The first-order valence-corrected chi connectivity index (χ1v) is 9.52. The van der Waals surface area contributed by atoms with Crippen molar-refractivity contribution in [3.63, 3.8) is 0 Å². The molecule has 1 saturated heterocycles. The quantitative estimate of drug-likeness (QED) is 0.712. The van der Waals surface area contributed by atoms with Crippen molar-refractivity contribution in [1.29, 1.82) is 5.26 Å². The van der Waals surface area contributed by atoms with E-state index in [-0.39, 0.29) is 16.4 Å². The molecule has 0 saturated carbocycles. The van der Waals surface area contributed by atoms with Crippen molar-refractivity contribution in [3.05, 3.63) is 62.4 Å². The highest BCUT2D eigenvalue weighted by Gasteiger charge is 2.21. The van der Waals surface area contributed by atoms with E-state index in [2.05, 4.69) is 21.3 Å². The van der Waals surface area contributed by atoms with Gasteiger partial charge in [0.15, 0.2) is 0 Å². The first kappa shape index (κ1) is 19.9. The number of carbonyl (C=O) groups is 1. The largest absolute Gasteiger partial charge is 0.384 e. The number of nitrogens with two attached hydrogens (primary N) is 1. The number of hydrogen-bond acceptors (Lipinski definition) is 5. The third-order valence-electron chi connectivity index (χ3n) is 5.06. The summed E-state index contributed by atoms with van der Waals surface area (Å²) < 4.78 is 0. The van der Waals surface area contributed by atoms with E-state index >= 15 is 0 Å². The molecule has 0 spiro atoms. The molecule has 2 aromatic rings. The fourth-order valence-corrected chi connectivity index (χ4v) is 3.53. The maximum absolute atomic E-state index is 12.3. The minimum atomic E-state index is -0.551. The van der Waals surface area contributed by atoms with Gasteiger partial charge in [0.2, 0.25) is 0 Å². The summed E-state index contributed by atoms with van der Waals surface area (Å²) in [5.74, 6) is -0.0585. The molecule has 1 aliphatic rings. The van der Waals surface area contributed by atoms with Gasteiger partial charge in [-0.25, -0.2) is 0 Å². The smallest absolute Gasteiger partial charge is 0.262 e. The molecule has 0 aliphatic carbocycles. The van der Waals surface area contributed by atoms with Crippen LogP contribution in [0.4, 0.5) is 5.82 Å². The highest BCUT2D eigenvalue weighted by molar-refractivity contribution is 6.33. The van der Waals surface area contributed by atoms with E-state index in [4.69, 9.17) is 17.3 Å². The van der Waals surface area contributed by atoms with Gasteiger partial charge in [0.25, 0.3) is 11.5 Å². The number of amides is 1. The number of hydrogen-bond donors (Lipinski definition) is 3. The third kappa shape index (κ3) is 4.71. The lowest BCUT2D eigenvalue weighted by Gasteiger charge is -2.32. The Morgan fingerprint density at radius 1 is 1.36 bits per heavy atom. The van der Waals surface area contributed by atoms with Crippen molar-refractivity contribution in [3.8, 4) is 6.07 Å². The Balaban J connectivity index is 1.50. The maximum atomic E-state index is 12.3. The van der Waals surface area contributed by atoms with Crippen LogP contribution in [0.2, 0.25) is 5.02 Å². The van der Waals surface area contributed by atoms with E-state index in [1.165, 1.54) is 6.07 Å². The van der Waals surface area contributed by atoms with Gasteiger partial charge in [-0.2, -0.15) is 5.26 Å². The zero-order chi connectivity index (χ0) is 20.1. The van der Waals surface area contributed by atoms with Gasteiger partial charge in [0.1, 0.15) is 11.4 Å². The number of rotatable bonds is 5. The number of pyridine rings is 1. The van der Waals surface area contributed by atoms with Gasteiger partial charge in [-0.05, 0) is 49.5 Å². The molecule has 1 aliphatic heterocycles. The minimum absolute atomic E-state index is 0.0373. The lowest BCUT2D eigenvalue weighted by Crippen LogP contribution is -2.39. The van der Waals surface area contributed by atoms with Gasteiger partial charge in [0.05, 0.1) is 16.7 Å². The molecule has 1 aromatic carbocycles. The standard InChI is InChI=1S/C20H22ClN5O2/c21-17-9-16(20(28)25-18(17)23)19(27)24-11-13-5-7-26(8-6-13)12-15-4-2-1-3-14(15)10-22/h1-4,9,13H,5-8,11-12H2,(H,24,27)(H3,23,25,28). The van der Waals surface area contributed by atoms with Crippen LogP contribution in [0.25, 0.3) is 0 Å². The van der Waals surface area contributed by atoms with Crippen molar-refractivity contribution in [1.82, 2.24) is 15.2 Å². The molecule has 7 nitrogen and oxygen atoms in total. The summed E-state index contributed by atoms with van der Waals surface area (Å²) in [7, 11) is 0. The molecule has 1 fully saturated rings. The first-order valence-electron chi connectivity index (χ1n) is 9.14. The molecular formula is C20H22ClN5O2. The Kier molecular flexibility index (Phi) is 6.34. The number of likely N-dealkylation sites (tertiary alicyclic amines) is 1. The number of anilines is 1. The van der Waals surface area contributed by atoms with Crippen LogP contribution in [-0.2, 0) is 6.54 Å². The van der Waals surface area contributed by atoms with Crippen LogP contribution in [0.5, 0.6) is 0 Å². The van der Waals surface area contributed by atoms with E-state index < -0.39 is 11.5 Å². The molecule has 146 valence electrons. The predicted molar refractivity (Wildman–Crippen MR) is 108 cm³/mol. The monoisotopic (exact) mass is 399 g/mol. The molecule has 8 heteroatoms. The second kappa shape index (κ2) is 8.91. The van der Waals surface area contributed by atoms with Crippen LogP contribution < -0.4 is 16.6 Å². The summed E-state index contributed by atoms with van der Waals surface area (Å²) in [4.78, 5) is 28.8. The first-order chi connectivity index (χ1) is 13.5. The SMILES string of the molecule is N#Cc1ccccc1CN1CCC(CNC(=O)c2cc(Cl)c(N)[nH]c2=O)CC1. The number of aromatic amines is 1. The van der Waals surface area contributed by atoms with Gasteiger partial charge < -0.3 is 16.0 Å². The van der Waals surface area contributed by atoms with Crippen LogP contribution in [0, 0.1) is 17.2 Å². The second-order valence-corrected chi connectivity index (χ2v) is 7.38. The van der Waals surface area contributed by atoms with E-state index in [1.807, 2.05) is 24.3 Å². The Morgan fingerprint density at radius 2 is 2.07 bits per heavy atom. The van der Waals surface area contributed by atoms with Crippen LogP contribution in [0.3, 0.4) is 0 Å². The summed E-state index contributed by atoms with van der Waals surface area (Å²) in [5.41, 5.74) is 6.69. The molecular weight excluding hydrogens is 378 g/mol. The molecule has 1 amide bonds. The highest BCUT2D eigenvalue weighted by Crippen LogP contribution is 2.20. The maximum Gasteiger partial charge on any atom is 0.262 e. The third-order valence-corrected chi connectivity index (χ3v) is 5.37. The average Bonchev–Trinajstić information content (AvgIpc) is 2.70. The normalized spacial score (nSPS) is 15.1. The number of nitrogens with one attached hydrogen (secondary N) is 2. The van der Waals surface area contributed by atoms with Crippen molar-refractivity contribution in [2.75, 3.05) is 25.4 Å². The Morgan fingerprint density at radius 3 is 2.79 bits per heavy atom. The van der Waals surface area contributed by atoms with E-state index in [0.29, 0.717) is 18.0 Å². The summed E-state index contributed by atoms with van der Waals surface area (Å²) >= 11 is 5.88. The topological polar surface area (TPSA) is 115 Å².